The van der Waals surface area contributed by atoms with E-state index in [0.29, 0.717) is 22.9 Å². The predicted molar refractivity (Wildman–Crippen MR) is 129 cm³/mol. The molecule has 0 aromatic heterocycles. The van der Waals surface area contributed by atoms with Gasteiger partial charge in [-0.05, 0) is 48.4 Å². The number of aryl methyl sites for hydroxylation is 2. The summed E-state index contributed by atoms with van der Waals surface area (Å²) in [6.07, 6.45) is -4.23. The number of nitrogens with one attached hydrogen (secondary N) is 2. The molecule has 0 aliphatic heterocycles. The molecule has 0 heterocycles. The van der Waals surface area contributed by atoms with E-state index in [1.165, 1.54) is 13.8 Å². The zero-order chi connectivity index (χ0) is 26.2. The third kappa shape index (κ3) is 9.18. The number of carbonyl (C=O) groups is 3. The Balaban J connectivity index is 2.11. The minimum Gasteiger partial charge on any atom is -0.344 e. The standard InChI is InChI=1S/C25H27Cl2F3N2O3/c1-15(2)22(23(34)25(28,29)30)32-24(35)20(12-9-16-6-4-3-5-7-16)31-21(33)13-10-17-8-11-18(26)19(27)14-17/h3-8,11,14-15,20,22H,9-10,12-13H2,1-2H3,(H,31,33)(H,32,35). The third-order valence-electron chi connectivity index (χ3n) is 5.37. The molecule has 10 heteroatoms. The van der Waals surface area contributed by atoms with Crippen LogP contribution in [0.1, 0.15) is 37.8 Å². The number of halogens is 5. The molecule has 2 rings (SSSR count). The van der Waals surface area contributed by atoms with E-state index in [1.54, 1.807) is 18.2 Å². The largest absolute Gasteiger partial charge is 0.452 e. The SMILES string of the molecule is CC(C)C(NC(=O)C(CCc1ccccc1)NC(=O)CCc1ccc(Cl)c(Cl)c1)C(=O)C(F)(F)F. The van der Waals surface area contributed by atoms with Crippen LogP contribution < -0.4 is 10.6 Å². The van der Waals surface area contributed by atoms with Crippen molar-refractivity contribution in [3.05, 3.63) is 69.7 Å². The summed E-state index contributed by atoms with van der Waals surface area (Å²) >= 11 is 11.9. The molecule has 2 aromatic carbocycles. The first kappa shape index (κ1) is 28.7. The quantitative estimate of drug-likeness (QED) is 0.413. The molecule has 2 unspecified atom stereocenters. The summed E-state index contributed by atoms with van der Waals surface area (Å²) in [5.41, 5.74) is 1.65. The lowest BCUT2D eigenvalue weighted by Crippen LogP contribution is -2.55. The van der Waals surface area contributed by atoms with Gasteiger partial charge in [-0.1, -0.05) is 73.4 Å². The second kappa shape index (κ2) is 12.9. The summed E-state index contributed by atoms with van der Waals surface area (Å²) in [4.78, 5) is 37.4. The molecule has 0 aliphatic carbocycles. The van der Waals surface area contributed by atoms with Crippen LogP contribution in [0.4, 0.5) is 13.2 Å². The van der Waals surface area contributed by atoms with E-state index in [1.807, 2.05) is 30.3 Å². The number of ketones is 1. The van der Waals surface area contributed by atoms with Gasteiger partial charge in [-0.15, -0.1) is 0 Å². The average Bonchev–Trinajstić information content (AvgIpc) is 2.80. The molecule has 2 N–H and O–H groups in total. The van der Waals surface area contributed by atoms with E-state index in [2.05, 4.69) is 10.6 Å². The summed E-state index contributed by atoms with van der Waals surface area (Å²) in [5, 5.41) is 5.53. The Morgan fingerprint density at radius 1 is 0.886 bits per heavy atom. The highest BCUT2D eigenvalue weighted by atomic mass is 35.5. The molecular formula is C25H27Cl2F3N2O3. The van der Waals surface area contributed by atoms with Gasteiger partial charge in [-0.3, -0.25) is 14.4 Å². The number of hydrogen-bond donors (Lipinski definition) is 2. The Hall–Kier alpha value is -2.58. The number of hydrogen-bond acceptors (Lipinski definition) is 3. The summed E-state index contributed by atoms with van der Waals surface area (Å²) < 4.78 is 39.1. The zero-order valence-corrected chi connectivity index (χ0v) is 20.8. The number of alkyl halides is 3. The normalized spacial score (nSPS) is 13.3. The Bertz CT molecular complexity index is 1030. The molecule has 0 spiro atoms. The summed E-state index contributed by atoms with van der Waals surface area (Å²) in [5.74, 6) is -4.14. The number of Topliss-reactive ketones (excluding diaryl/α,β-unsaturated/α-hetero) is 1. The van der Waals surface area contributed by atoms with Crippen LogP contribution in [0.15, 0.2) is 48.5 Å². The van der Waals surface area contributed by atoms with Crippen molar-refractivity contribution in [1.29, 1.82) is 0 Å². The van der Waals surface area contributed by atoms with E-state index in [9.17, 15) is 27.6 Å². The van der Waals surface area contributed by atoms with E-state index in [4.69, 9.17) is 23.2 Å². The Morgan fingerprint density at radius 2 is 1.54 bits per heavy atom. The Labute approximate surface area is 212 Å². The highest BCUT2D eigenvalue weighted by Crippen LogP contribution is 2.23. The van der Waals surface area contributed by atoms with Crippen molar-refractivity contribution < 1.29 is 27.6 Å². The molecule has 0 bridgehead atoms. The minimum atomic E-state index is -5.09. The van der Waals surface area contributed by atoms with Crippen LogP contribution in [0.25, 0.3) is 0 Å². The van der Waals surface area contributed by atoms with Crippen LogP contribution in [-0.4, -0.2) is 35.9 Å². The number of benzene rings is 2. The maximum Gasteiger partial charge on any atom is 0.452 e. The highest BCUT2D eigenvalue weighted by molar-refractivity contribution is 6.42. The van der Waals surface area contributed by atoms with Crippen molar-refractivity contribution >= 4 is 40.8 Å². The fourth-order valence-corrected chi connectivity index (χ4v) is 3.73. The molecule has 0 fully saturated rings. The van der Waals surface area contributed by atoms with Crippen molar-refractivity contribution in [2.45, 2.75) is 57.8 Å². The van der Waals surface area contributed by atoms with Crippen LogP contribution in [-0.2, 0) is 27.2 Å². The van der Waals surface area contributed by atoms with Gasteiger partial charge in [-0.25, -0.2) is 0 Å². The second-order valence-electron chi connectivity index (χ2n) is 8.49. The molecule has 190 valence electrons. The maximum absolute atomic E-state index is 13.0. The van der Waals surface area contributed by atoms with Crippen molar-refractivity contribution in [3.63, 3.8) is 0 Å². The monoisotopic (exact) mass is 530 g/mol. The summed E-state index contributed by atoms with van der Waals surface area (Å²) in [7, 11) is 0. The van der Waals surface area contributed by atoms with Gasteiger partial charge in [0.15, 0.2) is 0 Å². The molecule has 0 radical (unpaired) electrons. The zero-order valence-electron chi connectivity index (χ0n) is 19.3. The minimum absolute atomic E-state index is 0.0160. The first-order valence-electron chi connectivity index (χ1n) is 11.1. The molecule has 35 heavy (non-hydrogen) atoms. The molecule has 0 saturated heterocycles. The number of rotatable bonds is 11. The number of amides is 2. The van der Waals surface area contributed by atoms with E-state index >= 15 is 0 Å². The van der Waals surface area contributed by atoms with Crippen LogP contribution in [0, 0.1) is 5.92 Å². The van der Waals surface area contributed by atoms with Crippen molar-refractivity contribution in [1.82, 2.24) is 10.6 Å². The van der Waals surface area contributed by atoms with Crippen LogP contribution in [0.3, 0.4) is 0 Å². The van der Waals surface area contributed by atoms with Gasteiger partial charge in [0.1, 0.15) is 6.04 Å². The summed E-state index contributed by atoms with van der Waals surface area (Å²) in [6.45, 7) is 2.81. The van der Waals surface area contributed by atoms with Gasteiger partial charge < -0.3 is 10.6 Å². The van der Waals surface area contributed by atoms with Gasteiger partial charge in [0.2, 0.25) is 11.8 Å². The lowest BCUT2D eigenvalue weighted by Gasteiger charge is -2.25. The van der Waals surface area contributed by atoms with Gasteiger partial charge in [-0.2, -0.15) is 13.2 Å². The van der Waals surface area contributed by atoms with E-state index in [-0.39, 0.29) is 12.8 Å². The van der Waals surface area contributed by atoms with Crippen LogP contribution in [0.5, 0.6) is 0 Å². The molecule has 0 saturated carbocycles. The molecule has 2 atom stereocenters. The van der Waals surface area contributed by atoms with Crippen molar-refractivity contribution in [2.24, 2.45) is 5.92 Å². The summed E-state index contributed by atoms with van der Waals surface area (Å²) in [6, 6.07) is 11.2. The highest BCUT2D eigenvalue weighted by Gasteiger charge is 2.45. The van der Waals surface area contributed by atoms with Crippen LogP contribution in [0.2, 0.25) is 10.0 Å². The van der Waals surface area contributed by atoms with Crippen molar-refractivity contribution in [2.75, 3.05) is 0 Å². The first-order chi connectivity index (χ1) is 16.4. The van der Waals surface area contributed by atoms with Crippen LogP contribution >= 0.6 is 23.2 Å². The molecule has 5 nitrogen and oxygen atoms in total. The topological polar surface area (TPSA) is 75.3 Å². The lowest BCUT2D eigenvalue weighted by atomic mass is 9.98. The van der Waals surface area contributed by atoms with Gasteiger partial charge in [0, 0.05) is 6.42 Å². The third-order valence-corrected chi connectivity index (χ3v) is 6.11. The molecule has 0 aliphatic rings. The Kier molecular flexibility index (Phi) is 10.6. The van der Waals surface area contributed by atoms with Gasteiger partial charge >= 0.3 is 6.18 Å². The van der Waals surface area contributed by atoms with Gasteiger partial charge in [0.25, 0.3) is 5.78 Å². The second-order valence-corrected chi connectivity index (χ2v) is 9.30. The predicted octanol–water partition coefficient (Wildman–Crippen LogP) is 5.32. The van der Waals surface area contributed by atoms with E-state index < -0.39 is 41.8 Å². The smallest absolute Gasteiger partial charge is 0.344 e. The lowest BCUT2D eigenvalue weighted by molar-refractivity contribution is -0.175. The van der Waals surface area contributed by atoms with Crippen molar-refractivity contribution in [3.8, 4) is 0 Å². The fraction of sp³-hybridized carbons (Fsp3) is 0.400. The number of carbonyl (C=O) groups excluding carboxylic acids is 3. The maximum atomic E-state index is 13.0. The molecule has 2 aromatic rings. The van der Waals surface area contributed by atoms with E-state index in [0.717, 1.165) is 11.1 Å². The Morgan fingerprint density at radius 3 is 2.11 bits per heavy atom. The first-order valence-corrected chi connectivity index (χ1v) is 11.8. The fourth-order valence-electron chi connectivity index (χ4n) is 3.41. The molecule has 2 amide bonds. The molecular weight excluding hydrogens is 504 g/mol. The average molecular weight is 531 g/mol. The van der Waals surface area contributed by atoms with Gasteiger partial charge in [0.05, 0.1) is 16.1 Å².